The van der Waals surface area contributed by atoms with Gasteiger partial charge in [0.15, 0.2) is 0 Å². The van der Waals surface area contributed by atoms with Crippen molar-refractivity contribution in [2.45, 2.75) is 38.6 Å². The van der Waals surface area contributed by atoms with E-state index in [-0.39, 0.29) is 5.91 Å². The van der Waals surface area contributed by atoms with Gasteiger partial charge >= 0.3 is 0 Å². The summed E-state index contributed by atoms with van der Waals surface area (Å²) in [5.74, 6) is 2.47. The van der Waals surface area contributed by atoms with Crippen molar-refractivity contribution >= 4 is 11.6 Å². The molecule has 0 aromatic heterocycles. The fraction of sp³-hybridized carbons (Fsp3) is 0.562. The van der Waals surface area contributed by atoms with Crippen LogP contribution in [0.15, 0.2) is 24.3 Å². The van der Waals surface area contributed by atoms with E-state index in [0.717, 1.165) is 23.1 Å². The van der Waals surface area contributed by atoms with E-state index in [1.807, 2.05) is 24.3 Å². The van der Waals surface area contributed by atoms with Gasteiger partial charge in [0.1, 0.15) is 0 Å². The largest absolute Gasteiger partial charge is 0.326 e. The van der Waals surface area contributed by atoms with Crippen molar-refractivity contribution in [2.24, 2.45) is 23.5 Å². The van der Waals surface area contributed by atoms with Crippen molar-refractivity contribution in [1.29, 1.82) is 0 Å². The van der Waals surface area contributed by atoms with Crippen molar-refractivity contribution in [3.8, 4) is 0 Å². The highest BCUT2D eigenvalue weighted by molar-refractivity contribution is 5.91. The molecule has 2 saturated carbocycles. The number of carbonyl (C=O) groups is 1. The van der Waals surface area contributed by atoms with Gasteiger partial charge in [-0.2, -0.15) is 0 Å². The molecule has 0 radical (unpaired) electrons. The van der Waals surface area contributed by atoms with Gasteiger partial charge < -0.3 is 11.1 Å². The van der Waals surface area contributed by atoms with Gasteiger partial charge in [0.2, 0.25) is 5.91 Å². The molecule has 3 heteroatoms. The molecule has 2 aliphatic rings. The summed E-state index contributed by atoms with van der Waals surface area (Å²) < 4.78 is 0. The maximum atomic E-state index is 12.2. The fourth-order valence-corrected chi connectivity index (χ4v) is 3.89. The van der Waals surface area contributed by atoms with E-state index >= 15 is 0 Å². The van der Waals surface area contributed by atoms with Gasteiger partial charge in [0, 0.05) is 18.7 Å². The van der Waals surface area contributed by atoms with Crippen molar-refractivity contribution in [2.75, 3.05) is 5.32 Å². The number of carbonyl (C=O) groups excluding carboxylic acids is 1. The Kier molecular flexibility index (Phi) is 3.56. The van der Waals surface area contributed by atoms with Gasteiger partial charge in [-0.15, -0.1) is 0 Å². The second-order valence-electron chi connectivity index (χ2n) is 6.05. The Morgan fingerprint density at radius 3 is 2.79 bits per heavy atom. The molecule has 1 amide bonds. The van der Waals surface area contributed by atoms with E-state index < -0.39 is 0 Å². The van der Waals surface area contributed by atoms with Gasteiger partial charge in [-0.05, 0) is 48.6 Å². The quantitative estimate of drug-likeness (QED) is 0.872. The van der Waals surface area contributed by atoms with Crippen LogP contribution in [0.3, 0.4) is 0 Å². The molecule has 2 fully saturated rings. The lowest BCUT2D eigenvalue weighted by Crippen LogP contribution is -2.21. The second kappa shape index (κ2) is 5.33. The number of rotatable bonds is 4. The minimum Gasteiger partial charge on any atom is -0.326 e. The molecule has 3 nitrogen and oxygen atoms in total. The lowest BCUT2D eigenvalue weighted by Gasteiger charge is -2.21. The average molecular weight is 258 g/mol. The Morgan fingerprint density at radius 2 is 2.11 bits per heavy atom. The van der Waals surface area contributed by atoms with Gasteiger partial charge in [0.05, 0.1) is 0 Å². The molecule has 1 aromatic carbocycles. The van der Waals surface area contributed by atoms with Crippen LogP contribution in [-0.2, 0) is 11.3 Å². The Morgan fingerprint density at radius 1 is 1.26 bits per heavy atom. The van der Waals surface area contributed by atoms with Crippen molar-refractivity contribution < 1.29 is 4.79 Å². The molecule has 0 aliphatic heterocycles. The molecule has 0 heterocycles. The maximum Gasteiger partial charge on any atom is 0.224 e. The molecule has 1 aromatic rings. The van der Waals surface area contributed by atoms with Crippen LogP contribution in [0.4, 0.5) is 5.69 Å². The van der Waals surface area contributed by atoms with E-state index in [9.17, 15) is 4.79 Å². The summed E-state index contributed by atoms with van der Waals surface area (Å²) in [4.78, 5) is 12.2. The second-order valence-corrected chi connectivity index (χ2v) is 6.05. The number of amides is 1. The summed E-state index contributed by atoms with van der Waals surface area (Å²) in [7, 11) is 0. The molecule has 19 heavy (non-hydrogen) atoms. The summed E-state index contributed by atoms with van der Waals surface area (Å²) in [5, 5.41) is 3.03. The number of benzene rings is 1. The van der Waals surface area contributed by atoms with Gasteiger partial charge in [-0.3, -0.25) is 4.79 Å². The van der Waals surface area contributed by atoms with Gasteiger partial charge in [-0.25, -0.2) is 0 Å². The first-order valence-corrected chi connectivity index (χ1v) is 7.34. The normalized spacial score (nSPS) is 28.6. The zero-order valence-electron chi connectivity index (χ0n) is 11.3. The summed E-state index contributed by atoms with van der Waals surface area (Å²) in [5.41, 5.74) is 7.56. The number of nitrogens with two attached hydrogens (primary N) is 1. The van der Waals surface area contributed by atoms with Crippen LogP contribution in [0.1, 0.15) is 37.7 Å². The van der Waals surface area contributed by atoms with Crippen molar-refractivity contribution in [3.05, 3.63) is 29.8 Å². The van der Waals surface area contributed by atoms with Crippen LogP contribution in [0.25, 0.3) is 0 Å². The molecule has 102 valence electrons. The van der Waals surface area contributed by atoms with E-state index in [0.29, 0.717) is 18.9 Å². The number of anilines is 1. The topological polar surface area (TPSA) is 55.1 Å². The first-order valence-electron chi connectivity index (χ1n) is 7.34. The van der Waals surface area contributed by atoms with E-state index in [1.54, 1.807) is 0 Å². The number of para-hydroxylation sites is 1. The van der Waals surface area contributed by atoms with Crippen LogP contribution >= 0.6 is 0 Å². The zero-order valence-corrected chi connectivity index (χ0v) is 11.3. The third-order valence-electron chi connectivity index (χ3n) is 4.84. The SMILES string of the molecule is NCc1ccccc1NC(=O)CC1CC2CCC1C2. The van der Waals surface area contributed by atoms with Crippen LogP contribution in [0.5, 0.6) is 0 Å². The Bertz CT molecular complexity index is 472. The lowest BCUT2D eigenvalue weighted by atomic mass is 9.86. The average Bonchev–Trinajstić information content (AvgIpc) is 3.01. The third-order valence-corrected chi connectivity index (χ3v) is 4.84. The highest BCUT2D eigenvalue weighted by atomic mass is 16.1. The highest BCUT2D eigenvalue weighted by Crippen LogP contribution is 2.49. The summed E-state index contributed by atoms with van der Waals surface area (Å²) in [6.07, 6.45) is 6.02. The molecule has 3 rings (SSSR count). The smallest absolute Gasteiger partial charge is 0.224 e. The Balaban J connectivity index is 1.59. The summed E-state index contributed by atoms with van der Waals surface area (Å²) in [6, 6.07) is 7.79. The Hall–Kier alpha value is -1.35. The monoisotopic (exact) mass is 258 g/mol. The molecule has 2 aliphatic carbocycles. The standard InChI is InChI=1S/C16H22N2O/c17-10-13-3-1-2-4-15(13)18-16(19)9-14-8-11-5-6-12(14)7-11/h1-4,11-12,14H,5-10,17H2,(H,18,19). The van der Waals surface area contributed by atoms with Gasteiger partial charge in [-0.1, -0.05) is 24.6 Å². The number of nitrogens with one attached hydrogen (secondary N) is 1. The molecule has 2 bridgehead atoms. The van der Waals surface area contributed by atoms with E-state index in [2.05, 4.69) is 5.32 Å². The molecule has 3 atom stereocenters. The summed E-state index contributed by atoms with van der Waals surface area (Å²) in [6.45, 7) is 0.463. The molecule has 0 spiro atoms. The molecule has 3 N–H and O–H groups in total. The zero-order chi connectivity index (χ0) is 13.2. The minimum atomic E-state index is 0.151. The fourth-order valence-electron chi connectivity index (χ4n) is 3.89. The first-order chi connectivity index (χ1) is 9.26. The maximum absolute atomic E-state index is 12.2. The highest BCUT2D eigenvalue weighted by Gasteiger charge is 2.40. The van der Waals surface area contributed by atoms with Crippen LogP contribution < -0.4 is 11.1 Å². The van der Waals surface area contributed by atoms with Crippen LogP contribution in [0.2, 0.25) is 0 Å². The van der Waals surface area contributed by atoms with Crippen molar-refractivity contribution in [3.63, 3.8) is 0 Å². The number of hydrogen-bond acceptors (Lipinski definition) is 2. The van der Waals surface area contributed by atoms with E-state index in [4.69, 9.17) is 5.73 Å². The van der Waals surface area contributed by atoms with E-state index in [1.165, 1.54) is 25.7 Å². The predicted octanol–water partition coefficient (Wildman–Crippen LogP) is 2.91. The minimum absolute atomic E-state index is 0.151. The van der Waals surface area contributed by atoms with Crippen LogP contribution in [0, 0.1) is 17.8 Å². The predicted molar refractivity (Wildman–Crippen MR) is 76.5 cm³/mol. The molecular weight excluding hydrogens is 236 g/mol. The van der Waals surface area contributed by atoms with Crippen LogP contribution in [-0.4, -0.2) is 5.91 Å². The molecule has 3 unspecified atom stereocenters. The third kappa shape index (κ3) is 2.66. The molecule has 0 saturated heterocycles. The number of fused-ring (bicyclic) bond motifs is 2. The molecular formula is C16H22N2O. The lowest BCUT2D eigenvalue weighted by molar-refractivity contribution is -0.117. The number of hydrogen-bond donors (Lipinski definition) is 2. The van der Waals surface area contributed by atoms with Crippen molar-refractivity contribution in [1.82, 2.24) is 0 Å². The Labute approximate surface area is 114 Å². The first kappa shape index (κ1) is 12.7. The summed E-state index contributed by atoms with van der Waals surface area (Å²) >= 11 is 0. The van der Waals surface area contributed by atoms with Gasteiger partial charge in [0.25, 0.3) is 0 Å².